The molecule has 2 aliphatic rings. The largest absolute Gasteiger partial charge is 0.506 e. The Morgan fingerprint density at radius 1 is 0.803 bits per heavy atom. The predicted octanol–water partition coefficient (Wildman–Crippen LogP) is 6.39. The van der Waals surface area contributed by atoms with Crippen LogP contribution in [0.3, 0.4) is 0 Å². The highest BCUT2D eigenvalue weighted by Crippen LogP contribution is 2.34. The quantitative estimate of drug-likeness (QED) is 0.0644. The van der Waals surface area contributed by atoms with Crippen LogP contribution in [0.2, 0.25) is 0 Å². The van der Waals surface area contributed by atoms with Crippen LogP contribution >= 0.6 is 0 Å². The number of carbonyl (C=O) groups excluding carboxylic acids is 3. The van der Waals surface area contributed by atoms with E-state index in [-0.39, 0.29) is 53.9 Å². The van der Waals surface area contributed by atoms with Crippen molar-refractivity contribution in [2.75, 3.05) is 39.4 Å². The van der Waals surface area contributed by atoms with Gasteiger partial charge in [0.15, 0.2) is 6.61 Å². The van der Waals surface area contributed by atoms with E-state index in [0.717, 1.165) is 38.0 Å². The van der Waals surface area contributed by atoms with Gasteiger partial charge in [0.1, 0.15) is 11.5 Å². The maximum Gasteiger partial charge on any atom is 0.347 e. The Balaban J connectivity index is 0.795. The lowest BCUT2D eigenvalue weighted by molar-refractivity contribution is -0.164. The van der Waals surface area contributed by atoms with E-state index in [1.165, 1.54) is 17.7 Å². The molecule has 2 amide bonds. The molecule has 2 saturated heterocycles. The molecule has 0 bridgehead atoms. The summed E-state index contributed by atoms with van der Waals surface area (Å²) < 4.78 is 11.8. The van der Waals surface area contributed by atoms with E-state index in [1.807, 2.05) is 36.4 Å². The van der Waals surface area contributed by atoms with Gasteiger partial charge < -0.3 is 40.0 Å². The third kappa shape index (κ3) is 11.0. The Morgan fingerprint density at radius 3 is 2.29 bits per heavy atom. The molecule has 5 aromatic carbocycles. The molecule has 0 saturated carbocycles. The number of amides is 2. The number of esters is 1. The van der Waals surface area contributed by atoms with Crippen molar-refractivity contribution in [2.24, 2.45) is 5.92 Å². The molecule has 342 valence electrons. The zero-order valence-electron chi connectivity index (χ0n) is 36.8. The molecule has 8 rings (SSSR count). The number of nitrogens with one attached hydrogen (secondary N) is 2. The molecule has 13 heteroatoms. The first-order valence-electron chi connectivity index (χ1n) is 22.7. The molecule has 2 aliphatic heterocycles. The van der Waals surface area contributed by atoms with E-state index in [1.54, 1.807) is 77.7 Å². The predicted molar refractivity (Wildman–Crippen MR) is 250 cm³/mol. The normalized spacial score (nSPS) is 16.9. The minimum Gasteiger partial charge on any atom is -0.506 e. The van der Waals surface area contributed by atoms with E-state index >= 15 is 0 Å². The number of aromatic nitrogens is 1. The van der Waals surface area contributed by atoms with Gasteiger partial charge in [-0.3, -0.25) is 19.3 Å². The van der Waals surface area contributed by atoms with Crippen LogP contribution in [0.4, 0.5) is 0 Å². The first-order valence-corrected chi connectivity index (χ1v) is 22.7. The monoisotopic (exact) mass is 892 g/mol. The van der Waals surface area contributed by atoms with Gasteiger partial charge in [0, 0.05) is 48.3 Å². The first-order chi connectivity index (χ1) is 32.0. The van der Waals surface area contributed by atoms with Crippen molar-refractivity contribution in [1.82, 2.24) is 20.1 Å². The van der Waals surface area contributed by atoms with Crippen molar-refractivity contribution in [1.29, 1.82) is 0 Å². The van der Waals surface area contributed by atoms with Crippen molar-refractivity contribution in [3.63, 3.8) is 0 Å². The number of aromatic amines is 1. The van der Waals surface area contributed by atoms with E-state index in [0.29, 0.717) is 72.1 Å². The lowest BCUT2D eigenvalue weighted by Gasteiger charge is -2.33. The number of aryl methyl sites for hydroxylation is 1. The van der Waals surface area contributed by atoms with Crippen LogP contribution in [-0.2, 0) is 32.9 Å². The number of hydrogen-bond acceptors (Lipinski definition) is 10. The van der Waals surface area contributed by atoms with Crippen LogP contribution in [0.1, 0.15) is 76.4 Å². The van der Waals surface area contributed by atoms with E-state index < -0.39 is 17.7 Å². The summed E-state index contributed by atoms with van der Waals surface area (Å²) in [5.74, 6) is -0.844. The zero-order valence-corrected chi connectivity index (χ0v) is 36.8. The molecule has 0 spiro atoms. The van der Waals surface area contributed by atoms with Gasteiger partial charge in [-0.2, -0.15) is 0 Å². The number of fused-ring (bicyclic) bond motifs is 1. The van der Waals surface area contributed by atoms with Gasteiger partial charge in [-0.15, -0.1) is 0 Å². The number of rotatable bonds is 17. The average Bonchev–Trinajstić information content (AvgIpc) is 3.82. The summed E-state index contributed by atoms with van der Waals surface area (Å²) in [4.78, 5) is 58.8. The molecule has 5 N–H and O–H groups in total. The van der Waals surface area contributed by atoms with Crippen molar-refractivity contribution in [3.05, 3.63) is 177 Å². The molecule has 6 aromatic rings. The lowest BCUT2D eigenvalue weighted by atomic mass is 9.86. The summed E-state index contributed by atoms with van der Waals surface area (Å²) in [6.45, 7) is 3.37. The topological polar surface area (TPSA) is 182 Å². The number of likely N-dealkylation sites (tertiary alicyclic amines) is 2. The number of hydrogen-bond donors (Lipinski definition) is 5. The number of pyridine rings is 1. The summed E-state index contributed by atoms with van der Waals surface area (Å²) >= 11 is 0. The fraction of sp³-hybridized carbons (Fsp3) is 0.321. The SMILES string of the molecule is O=C(N[C@H]1CCN(C(=O)COc2cccc([C@](O)(C(=O)OCC3CCN(Cc4ccccc4)CC3)c3ccccc3)c2)C1)c1ccc(CCC[C@H](O)c2ccc(O)c3[nH]c(=O)ccc23)cc1. The van der Waals surface area contributed by atoms with Crippen molar-refractivity contribution >= 4 is 28.7 Å². The molecule has 3 heterocycles. The van der Waals surface area contributed by atoms with Gasteiger partial charge in [0.2, 0.25) is 11.2 Å². The van der Waals surface area contributed by atoms with E-state index in [2.05, 4.69) is 27.3 Å². The maximum absolute atomic E-state index is 13.9. The Hall–Kier alpha value is -6.80. The van der Waals surface area contributed by atoms with Gasteiger partial charge in [0.25, 0.3) is 11.8 Å². The highest BCUT2D eigenvalue weighted by Gasteiger charge is 2.42. The highest BCUT2D eigenvalue weighted by atomic mass is 16.5. The molecule has 0 aliphatic carbocycles. The standard InChI is InChI=1S/C53H56N4O9/c58-46(44-21-23-47(59)50-45(44)22-24-48(60)55-50)16-7-11-36-17-19-39(20-18-36)51(62)54-42-27-30-57(33-42)49(61)35-65-43-15-8-14-41(31-43)53(64,40-12-5-2-6-13-40)52(63)66-34-38-25-28-56(29-26-38)32-37-9-3-1-4-10-37/h1-6,8-10,12-15,17-24,31,38,42,46,58-59,64H,7,11,16,25-30,32-35H2,(H,54,62)(H,55,60)/t42-,46-,53-/m0/s1. The summed E-state index contributed by atoms with van der Waals surface area (Å²) in [5, 5.41) is 36.9. The molecular formula is C53H56N4O9. The molecule has 1 aromatic heterocycles. The second-order valence-electron chi connectivity index (χ2n) is 17.4. The number of aromatic hydroxyl groups is 1. The first kappa shape index (κ1) is 45.8. The number of phenols is 1. The molecular weight excluding hydrogens is 837 g/mol. The maximum atomic E-state index is 13.9. The lowest BCUT2D eigenvalue weighted by Crippen LogP contribution is -2.40. The average molecular weight is 893 g/mol. The van der Waals surface area contributed by atoms with E-state index in [4.69, 9.17) is 9.47 Å². The summed E-state index contributed by atoms with van der Waals surface area (Å²) in [7, 11) is 0. The third-order valence-electron chi connectivity index (χ3n) is 12.8. The van der Waals surface area contributed by atoms with Gasteiger partial charge in [-0.1, -0.05) is 91.0 Å². The Bertz CT molecular complexity index is 2670. The van der Waals surface area contributed by atoms with Gasteiger partial charge in [-0.25, -0.2) is 4.79 Å². The highest BCUT2D eigenvalue weighted by molar-refractivity contribution is 5.94. The van der Waals surface area contributed by atoms with Gasteiger partial charge >= 0.3 is 5.97 Å². The van der Waals surface area contributed by atoms with Crippen molar-refractivity contribution in [2.45, 2.75) is 62.8 Å². The number of aliphatic hydroxyl groups is 2. The zero-order chi connectivity index (χ0) is 46.0. The van der Waals surface area contributed by atoms with Crippen LogP contribution in [0, 0.1) is 5.92 Å². The number of phenolic OH excluding ortho intramolecular Hbond substituents is 1. The number of piperidine rings is 1. The molecule has 2 fully saturated rings. The third-order valence-corrected chi connectivity index (χ3v) is 12.8. The number of aliphatic hydroxyl groups excluding tert-OH is 1. The second kappa shape index (κ2) is 21.0. The van der Waals surface area contributed by atoms with Crippen molar-refractivity contribution in [3.8, 4) is 11.5 Å². The fourth-order valence-electron chi connectivity index (χ4n) is 8.98. The second-order valence-corrected chi connectivity index (χ2v) is 17.4. The molecule has 3 atom stereocenters. The smallest absolute Gasteiger partial charge is 0.347 e. The molecule has 13 nitrogen and oxygen atoms in total. The summed E-state index contributed by atoms with van der Waals surface area (Å²) in [6.07, 6.45) is 3.35. The summed E-state index contributed by atoms with van der Waals surface area (Å²) in [5.41, 5.74) is 1.87. The number of carbonyl (C=O) groups is 3. The van der Waals surface area contributed by atoms with Crippen LogP contribution in [0.15, 0.2) is 138 Å². The number of H-pyrrole nitrogens is 1. The Morgan fingerprint density at radius 2 is 1.53 bits per heavy atom. The van der Waals surface area contributed by atoms with Crippen LogP contribution < -0.4 is 15.6 Å². The van der Waals surface area contributed by atoms with Crippen molar-refractivity contribution < 1.29 is 39.2 Å². The minimum absolute atomic E-state index is 0.0557. The molecule has 0 unspecified atom stereocenters. The molecule has 66 heavy (non-hydrogen) atoms. The number of nitrogens with zero attached hydrogens (tertiary/aromatic N) is 2. The Labute approximate surface area is 383 Å². The minimum atomic E-state index is -2.11. The molecule has 0 radical (unpaired) electrons. The number of benzene rings is 5. The Kier molecular flexibility index (Phi) is 14.6. The van der Waals surface area contributed by atoms with Crippen LogP contribution in [0.25, 0.3) is 10.9 Å². The fourth-order valence-corrected chi connectivity index (χ4v) is 8.98. The van der Waals surface area contributed by atoms with Gasteiger partial charge in [0.05, 0.1) is 18.2 Å². The van der Waals surface area contributed by atoms with Crippen LogP contribution in [-0.4, -0.2) is 93.3 Å². The van der Waals surface area contributed by atoms with Gasteiger partial charge in [-0.05, 0) is 116 Å². The van der Waals surface area contributed by atoms with Crippen LogP contribution in [0.5, 0.6) is 11.5 Å². The summed E-state index contributed by atoms with van der Waals surface area (Å²) in [6, 6.07) is 38.8. The van der Waals surface area contributed by atoms with E-state index in [9.17, 15) is 34.5 Å². The number of ether oxygens (including phenoxy) is 2.